The number of ether oxygens (including phenoxy) is 1. The van der Waals surface area contributed by atoms with Crippen molar-refractivity contribution in [2.75, 3.05) is 6.61 Å². The van der Waals surface area contributed by atoms with Crippen molar-refractivity contribution in [1.82, 2.24) is 10.6 Å². The highest BCUT2D eigenvalue weighted by Gasteiger charge is 2.18. The van der Waals surface area contributed by atoms with Gasteiger partial charge in [-0.1, -0.05) is 39.8 Å². The minimum atomic E-state index is -0.553. The van der Waals surface area contributed by atoms with Gasteiger partial charge in [0, 0.05) is 12.8 Å². The molecule has 1 aromatic rings. The summed E-state index contributed by atoms with van der Waals surface area (Å²) in [5.74, 6) is 1.07. The van der Waals surface area contributed by atoms with Gasteiger partial charge in [0.1, 0.15) is 11.9 Å². The Morgan fingerprint density at radius 1 is 1.00 bits per heavy atom. The molecule has 0 atom stereocenters. The second-order valence-electron chi connectivity index (χ2n) is 6.77. The topological polar surface area (TPSA) is 67.4 Å². The molecule has 1 aromatic carbocycles. The summed E-state index contributed by atoms with van der Waals surface area (Å²) >= 11 is 0. The van der Waals surface area contributed by atoms with Gasteiger partial charge in [0.05, 0.1) is 6.61 Å². The quantitative estimate of drug-likeness (QED) is 0.680. The first-order valence-corrected chi connectivity index (χ1v) is 8.63. The average Bonchev–Trinajstić information content (AvgIpc) is 2.45. The molecule has 2 N–H and O–H groups in total. The molecule has 134 valence electrons. The number of hydrogen-bond donors (Lipinski definition) is 2. The summed E-state index contributed by atoms with van der Waals surface area (Å²) in [6, 6.07) is 7.43. The van der Waals surface area contributed by atoms with Crippen LogP contribution in [0.2, 0.25) is 0 Å². The van der Waals surface area contributed by atoms with E-state index in [-0.39, 0.29) is 23.7 Å². The molecule has 24 heavy (non-hydrogen) atoms. The van der Waals surface area contributed by atoms with Crippen LogP contribution in [0, 0.1) is 11.8 Å². The van der Waals surface area contributed by atoms with Crippen molar-refractivity contribution in [3.05, 3.63) is 29.8 Å². The van der Waals surface area contributed by atoms with Crippen molar-refractivity contribution >= 4 is 11.8 Å². The molecule has 0 saturated carbocycles. The van der Waals surface area contributed by atoms with Gasteiger partial charge in [-0.15, -0.1) is 0 Å². The van der Waals surface area contributed by atoms with E-state index >= 15 is 0 Å². The molecule has 1 rings (SSSR count). The Kier molecular flexibility index (Phi) is 8.30. The minimum Gasteiger partial charge on any atom is -0.494 e. The van der Waals surface area contributed by atoms with Gasteiger partial charge in [0.25, 0.3) is 0 Å². The largest absolute Gasteiger partial charge is 0.494 e. The Morgan fingerprint density at radius 3 is 2.00 bits per heavy atom. The molecule has 0 spiro atoms. The van der Waals surface area contributed by atoms with Crippen molar-refractivity contribution in [2.24, 2.45) is 11.8 Å². The molecule has 2 amide bonds. The van der Waals surface area contributed by atoms with Crippen molar-refractivity contribution in [1.29, 1.82) is 0 Å². The molecule has 5 heteroatoms. The molecule has 0 heterocycles. The number of amides is 2. The van der Waals surface area contributed by atoms with Crippen LogP contribution in [0.25, 0.3) is 0 Å². The first kappa shape index (κ1) is 20.0. The van der Waals surface area contributed by atoms with Gasteiger partial charge in [-0.05, 0) is 36.5 Å². The van der Waals surface area contributed by atoms with Crippen LogP contribution in [0.5, 0.6) is 5.75 Å². The predicted octanol–water partition coefficient (Wildman–Crippen LogP) is 3.41. The molecule has 0 aromatic heterocycles. The Bertz CT molecular complexity index is 517. The third-order valence-corrected chi connectivity index (χ3v) is 3.30. The summed E-state index contributed by atoms with van der Waals surface area (Å²) in [4.78, 5) is 24.3. The van der Waals surface area contributed by atoms with Crippen molar-refractivity contribution < 1.29 is 14.3 Å². The lowest BCUT2D eigenvalue weighted by Gasteiger charge is -2.22. The number of nitrogens with one attached hydrogen (secondary N) is 2. The van der Waals surface area contributed by atoms with E-state index in [0.29, 0.717) is 19.4 Å². The van der Waals surface area contributed by atoms with Gasteiger partial charge < -0.3 is 15.4 Å². The molecule has 0 saturated heterocycles. The molecular formula is C19H30N2O3. The molecule has 0 aliphatic heterocycles. The average molecular weight is 334 g/mol. The summed E-state index contributed by atoms with van der Waals surface area (Å²) in [5.41, 5.74) is 0.801. The molecule has 5 nitrogen and oxygen atoms in total. The zero-order valence-corrected chi connectivity index (χ0v) is 15.4. The van der Waals surface area contributed by atoms with Crippen LogP contribution in [0.4, 0.5) is 0 Å². The lowest BCUT2D eigenvalue weighted by atomic mass is 10.1. The number of rotatable bonds is 9. The van der Waals surface area contributed by atoms with Crippen molar-refractivity contribution in [3.8, 4) is 5.75 Å². The lowest BCUT2D eigenvalue weighted by Crippen LogP contribution is -2.41. The standard InChI is InChI=1S/C19H30N2O3/c1-6-24-16-9-7-8-15(12-16)19(20-17(22)10-13(2)3)21-18(23)11-14(4)5/h7-9,12-14,19H,6,10-11H2,1-5H3,(H,20,22)(H,21,23). The van der Waals surface area contributed by atoms with E-state index in [1.807, 2.05) is 58.9 Å². The van der Waals surface area contributed by atoms with Crippen LogP contribution >= 0.6 is 0 Å². The Morgan fingerprint density at radius 2 is 1.54 bits per heavy atom. The third kappa shape index (κ3) is 7.49. The monoisotopic (exact) mass is 334 g/mol. The fraction of sp³-hybridized carbons (Fsp3) is 0.579. The molecular weight excluding hydrogens is 304 g/mol. The Balaban J connectivity index is 2.92. The highest BCUT2D eigenvalue weighted by molar-refractivity contribution is 5.79. The third-order valence-electron chi connectivity index (χ3n) is 3.30. The summed E-state index contributed by atoms with van der Waals surface area (Å²) in [6.07, 6.45) is 0.284. The summed E-state index contributed by atoms with van der Waals surface area (Å²) < 4.78 is 5.51. The van der Waals surface area contributed by atoms with Gasteiger partial charge in [0.2, 0.25) is 11.8 Å². The van der Waals surface area contributed by atoms with Gasteiger partial charge in [0.15, 0.2) is 0 Å². The molecule has 0 unspecified atom stereocenters. The normalized spacial score (nSPS) is 11.0. The number of benzene rings is 1. The van der Waals surface area contributed by atoms with Crippen LogP contribution in [-0.2, 0) is 9.59 Å². The van der Waals surface area contributed by atoms with E-state index in [0.717, 1.165) is 11.3 Å². The number of carbonyl (C=O) groups is 2. The zero-order valence-electron chi connectivity index (χ0n) is 15.4. The van der Waals surface area contributed by atoms with E-state index in [4.69, 9.17) is 4.74 Å². The maximum absolute atomic E-state index is 12.2. The van der Waals surface area contributed by atoms with Crippen LogP contribution in [-0.4, -0.2) is 18.4 Å². The Labute approximate surface area is 145 Å². The first-order chi connectivity index (χ1) is 11.3. The Hall–Kier alpha value is -2.04. The molecule has 0 bridgehead atoms. The van der Waals surface area contributed by atoms with Gasteiger partial charge in [-0.3, -0.25) is 9.59 Å². The highest BCUT2D eigenvalue weighted by Crippen LogP contribution is 2.19. The van der Waals surface area contributed by atoms with Gasteiger partial charge in [-0.2, -0.15) is 0 Å². The highest BCUT2D eigenvalue weighted by atomic mass is 16.5. The fourth-order valence-corrected chi connectivity index (χ4v) is 2.33. The summed E-state index contributed by atoms with van der Waals surface area (Å²) in [6.45, 7) is 10.4. The van der Waals surface area contributed by atoms with Gasteiger partial charge in [-0.25, -0.2) is 0 Å². The van der Waals surface area contributed by atoms with E-state index in [9.17, 15) is 9.59 Å². The SMILES string of the molecule is CCOc1cccc(C(NC(=O)CC(C)C)NC(=O)CC(C)C)c1. The van der Waals surface area contributed by atoms with E-state index in [1.165, 1.54) is 0 Å². The summed E-state index contributed by atoms with van der Waals surface area (Å²) in [5, 5.41) is 5.82. The fourth-order valence-electron chi connectivity index (χ4n) is 2.33. The van der Waals surface area contributed by atoms with E-state index < -0.39 is 6.17 Å². The molecule has 0 radical (unpaired) electrons. The number of hydrogen-bond acceptors (Lipinski definition) is 3. The van der Waals surface area contributed by atoms with E-state index in [2.05, 4.69) is 10.6 Å². The number of carbonyl (C=O) groups excluding carboxylic acids is 2. The smallest absolute Gasteiger partial charge is 0.222 e. The van der Waals surface area contributed by atoms with Crippen LogP contribution in [0.3, 0.4) is 0 Å². The minimum absolute atomic E-state index is 0.0818. The first-order valence-electron chi connectivity index (χ1n) is 8.63. The molecule has 0 aliphatic rings. The maximum atomic E-state index is 12.2. The van der Waals surface area contributed by atoms with E-state index in [1.54, 1.807) is 0 Å². The lowest BCUT2D eigenvalue weighted by molar-refractivity contribution is -0.125. The van der Waals surface area contributed by atoms with Crippen LogP contribution < -0.4 is 15.4 Å². The zero-order chi connectivity index (χ0) is 18.1. The van der Waals surface area contributed by atoms with Crippen molar-refractivity contribution in [2.45, 2.75) is 53.6 Å². The second kappa shape index (κ2) is 9.96. The van der Waals surface area contributed by atoms with Gasteiger partial charge >= 0.3 is 0 Å². The summed E-state index contributed by atoms with van der Waals surface area (Å²) in [7, 11) is 0. The second-order valence-corrected chi connectivity index (χ2v) is 6.77. The molecule has 0 aliphatic carbocycles. The molecule has 0 fully saturated rings. The van der Waals surface area contributed by atoms with Crippen molar-refractivity contribution in [3.63, 3.8) is 0 Å². The maximum Gasteiger partial charge on any atom is 0.222 e. The predicted molar refractivity (Wildman–Crippen MR) is 95.5 cm³/mol. The van der Waals surface area contributed by atoms with Crippen LogP contribution in [0.15, 0.2) is 24.3 Å². The van der Waals surface area contributed by atoms with Crippen LogP contribution in [0.1, 0.15) is 59.2 Å².